The largest absolute Gasteiger partial charge is 0.357 e. The topological polar surface area (TPSA) is 39.7 Å². The molecule has 1 aromatic carbocycles. The number of piperidine rings is 1. The Kier molecular flexibility index (Phi) is 11.1. The van der Waals surface area contributed by atoms with Gasteiger partial charge in [0.25, 0.3) is 0 Å². The second kappa shape index (κ2) is 12.5. The van der Waals surface area contributed by atoms with Crippen molar-refractivity contribution in [3.05, 3.63) is 35.9 Å². The minimum Gasteiger partial charge on any atom is -0.357 e. The van der Waals surface area contributed by atoms with Crippen LogP contribution >= 0.6 is 24.0 Å². The lowest BCUT2D eigenvalue weighted by molar-refractivity contribution is 0.187. The van der Waals surface area contributed by atoms with Gasteiger partial charge in [-0.3, -0.25) is 0 Å². The lowest BCUT2D eigenvalue weighted by atomic mass is 9.93. The molecule has 0 saturated carbocycles. The maximum atomic E-state index is 4.68. The van der Waals surface area contributed by atoms with Gasteiger partial charge < -0.3 is 15.5 Å². The Balaban J connectivity index is 0.00000288. The zero-order valence-corrected chi connectivity index (χ0v) is 17.5. The molecule has 0 spiro atoms. The minimum absolute atomic E-state index is 0. The first kappa shape index (κ1) is 21.2. The summed E-state index contributed by atoms with van der Waals surface area (Å²) in [6.45, 7) is 10.7. The SMILES string of the molecule is CCNC(=NCc1ccccc1)NCCC1CCN(CC)CC1.I. The van der Waals surface area contributed by atoms with E-state index in [0.717, 1.165) is 31.5 Å². The lowest BCUT2D eigenvalue weighted by Gasteiger charge is -2.31. The van der Waals surface area contributed by atoms with Crippen LogP contribution in [0.15, 0.2) is 35.3 Å². The molecule has 1 aromatic rings. The van der Waals surface area contributed by atoms with E-state index in [9.17, 15) is 0 Å². The van der Waals surface area contributed by atoms with Crippen molar-refractivity contribution >= 4 is 29.9 Å². The molecule has 0 radical (unpaired) electrons. The van der Waals surface area contributed by atoms with E-state index in [2.05, 4.69) is 58.6 Å². The van der Waals surface area contributed by atoms with Crippen molar-refractivity contribution in [3.63, 3.8) is 0 Å². The first-order valence-corrected chi connectivity index (χ1v) is 9.10. The summed E-state index contributed by atoms with van der Waals surface area (Å²) in [5.41, 5.74) is 1.25. The summed E-state index contributed by atoms with van der Waals surface area (Å²) < 4.78 is 0. The maximum absolute atomic E-state index is 4.68. The Morgan fingerprint density at radius 1 is 1.12 bits per heavy atom. The van der Waals surface area contributed by atoms with E-state index in [1.165, 1.54) is 44.5 Å². The molecule has 2 rings (SSSR count). The molecular weight excluding hydrogens is 411 g/mol. The predicted octanol–water partition coefficient (Wildman–Crippen LogP) is 3.48. The number of guanidine groups is 1. The molecule has 24 heavy (non-hydrogen) atoms. The van der Waals surface area contributed by atoms with Crippen LogP contribution in [0.1, 0.15) is 38.7 Å². The molecule has 0 bridgehead atoms. The van der Waals surface area contributed by atoms with Crippen molar-refractivity contribution < 1.29 is 0 Å². The monoisotopic (exact) mass is 444 g/mol. The van der Waals surface area contributed by atoms with Crippen LogP contribution in [-0.4, -0.2) is 43.6 Å². The highest BCUT2D eigenvalue weighted by atomic mass is 127. The number of hydrogen-bond donors (Lipinski definition) is 2. The number of aliphatic imine (C=N–C) groups is 1. The first-order valence-electron chi connectivity index (χ1n) is 9.10. The molecule has 1 aliphatic rings. The number of hydrogen-bond acceptors (Lipinski definition) is 2. The van der Waals surface area contributed by atoms with Crippen molar-refractivity contribution in [2.75, 3.05) is 32.7 Å². The third kappa shape index (κ3) is 7.83. The van der Waals surface area contributed by atoms with E-state index in [0.29, 0.717) is 0 Å². The molecule has 1 fully saturated rings. The summed E-state index contributed by atoms with van der Waals surface area (Å²) in [7, 11) is 0. The number of nitrogens with one attached hydrogen (secondary N) is 2. The van der Waals surface area contributed by atoms with Crippen LogP contribution in [0.4, 0.5) is 0 Å². The molecule has 1 heterocycles. The van der Waals surface area contributed by atoms with Gasteiger partial charge in [-0.1, -0.05) is 37.3 Å². The molecule has 4 nitrogen and oxygen atoms in total. The quantitative estimate of drug-likeness (QED) is 0.384. The van der Waals surface area contributed by atoms with Crippen LogP contribution in [0.2, 0.25) is 0 Å². The second-order valence-electron chi connectivity index (χ2n) is 6.27. The van der Waals surface area contributed by atoms with Crippen molar-refractivity contribution in [2.45, 2.75) is 39.7 Å². The highest BCUT2D eigenvalue weighted by Gasteiger charge is 2.17. The minimum atomic E-state index is 0. The third-order valence-electron chi connectivity index (χ3n) is 4.61. The van der Waals surface area contributed by atoms with Crippen LogP contribution in [0, 0.1) is 5.92 Å². The molecule has 5 heteroatoms. The second-order valence-corrected chi connectivity index (χ2v) is 6.27. The van der Waals surface area contributed by atoms with Gasteiger partial charge in [0.05, 0.1) is 6.54 Å². The zero-order chi connectivity index (χ0) is 16.3. The van der Waals surface area contributed by atoms with E-state index in [-0.39, 0.29) is 24.0 Å². The highest BCUT2D eigenvalue weighted by Crippen LogP contribution is 2.19. The Bertz CT molecular complexity index is 456. The van der Waals surface area contributed by atoms with Crippen LogP contribution in [0.3, 0.4) is 0 Å². The predicted molar refractivity (Wildman–Crippen MR) is 114 cm³/mol. The number of halogens is 1. The van der Waals surface area contributed by atoms with Crippen LogP contribution in [0.25, 0.3) is 0 Å². The van der Waals surface area contributed by atoms with E-state index in [1.54, 1.807) is 0 Å². The Labute approximate surface area is 164 Å². The number of likely N-dealkylation sites (tertiary alicyclic amines) is 1. The van der Waals surface area contributed by atoms with Gasteiger partial charge in [-0.2, -0.15) is 0 Å². The molecule has 0 aromatic heterocycles. The molecular formula is C19H33IN4. The van der Waals surface area contributed by atoms with Crippen molar-refractivity contribution in [1.82, 2.24) is 15.5 Å². The summed E-state index contributed by atoms with van der Waals surface area (Å²) in [4.78, 5) is 7.23. The van der Waals surface area contributed by atoms with E-state index >= 15 is 0 Å². The number of nitrogens with zero attached hydrogens (tertiary/aromatic N) is 2. The normalized spacial score (nSPS) is 16.5. The van der Waals surface area contributed by atoms with Gasteiger partial charge in [-0.25, -0.2) is 4.99 Å². The molecule has 0 unspecified atom stereocenters. The number of rotatable bonds is 7. The number of benzene rings is 1. The Hall–Kier alpha value is -0.820. The first-order chi connectivity index (χ1) is 11.3. The highest BCUT2D eigenvalue weighted by molar-refractivity contribution is 14.0. The van der Waals surface area contributed by atoms with Crippen molar-refractivity contribution in [3.8, 4) is 0 Å². The summed E-state index contributed by atoms with van der Waals surface area (Å²) in [6.07, 6.45) is 3.92. The summed E-state index contributed by atoms with van der Waals surface area (Å²) >= 11 is 0. The standard InChI is InChI=1S/C19H32N4.HI/c1-3-20-19(22-16-18-8-6-5-7-9-18)21-13-10-17-11-14-23(4-2)15-12-17;/h5-9,17H,3-4,10-16H2,1-2H3,(H2,20,21,22);1H. The van der Waals surface area contributed by atoms with Gasteiger partial charge in [-0.15, -0.1) is 24.0 Å². The van der Waals surface area contributed by atoms with Gasteiger partial charge >= 0.3 is 0 Å². The molecule has 136 valence electrons. The van der Waals surface area contributed by atoms with Crippen LogP contribution < -0.4 is 10.6 Å². The molecule has 2 N–H and O–H groups in total. The maximum Gasteiger partial charge on any atom is 0.191 e. The lowest BCUT2D eigenvalue weighted by Crippen LogP contribution is -2.39. The van der Waals surface area contributed by atoms with E-state index < -0.39 is 0 Å². The van der Waals surface area contributed by atoms with E-state index in [1.807, 2.05) is 6.07 Å². The van der Waals surface area contributed by atoms with Gasteiger partial charge in [0.1, 0.15) is 0 Å². The van der Waals surface area contributed by atoms with Gasteiger partial charge in [0, 0.05) is 13.1 Å². The summed E-state index contributed by atoms with van der Waals surface area (Å²) in [6, 6.07) is 10.4. The Morgan fingerprint density at radius 2 is 1.83 bits per heavy atom. The molecule has 1 aliphatic heterocycles. The third-order valence-corrected chi connectivity index (χ3v) is 4.61. The fourth-order valence-corrected chi connectivity index (χ4v) is 3.08. The van der Waals surface area contributed by atoms with Gasteiger partial charge in [0.15, 0.2) is 5.96 Å². The van der Waals surface area contributed by atoms with Crippen molar-refractivity contribution in [2.24, 2.45) is 10.9 Å². The zero-order valence-electron chi connectivity index (χ0n) is 15.1. The fraction of sp³-hybridized carbons (Fsp3) is 0.632. The fourth-order valence-electron chi connectivity index (χ4n) is 3.08. The molecule has 1 saturated heterocycles. The van der Waals surface area contributed by atoms with Gasteiger partial charge in [0.2, 0.25) is 0 Å². The van der Waals surface area contributed by atoms with Crippen LogP contribution in [0.5, 0.6) is 0 Å². The van der Waals surface area contributed by atoms with Crippen LogP contribution in [-0.2, 0) is 6.54 Å². The molecule has 0 atom stereocenters. The van der Waals surface area contributed by atoms with E-state index in [4.69, 9.17) is 0 Å². The smallest absolute Gasteiger partial charge is 0.191 e. The Morgan fingerprint density at radius 3 is 2.46 bits per heavy atom. The molecule has 0 aliphatic carbocycles. The van der Waals surface area contributed by atoms with Crippen molar-refractivity contribution in [1.29, 1.82) is 0 Å². The average Bonchev–Trinajstić information content (AvgIpc) is 2.61. The average molecular weight is 444 g/mol. The van der Waals surface area contributed by atoms with Gasteiger partial charge in [-0.05, 0) is 57.3 Å². The summed E-state index contributed by atoms with van der Waals surface area (Å²) in [5.74, 6) is 1.80. The summed E-state index contributed by atoms with van der Waals surface area (Å²) in [5, 5.41) is 6.83. The molecule has 0 amide bonds.